The maximum atomic E-state index is 12.4. The summed E-state index contributed by atoms with van der Waals surface area (Å²) >= 11 is 0. The maximum absolute atomic E-state index is 12.4. The molecule has 1 aliphatic carbocycles. The molecule has 1 aromatic rings. The molecule has 0 aliphatic heterocycles. The van der Waals surface area contributed by atoms with Crippen molar-refractivity contribution in [2.24, 2.45) is 5.92 Å². The van der Waals surface area contributed by atoms with Crippen molar-refractivity contribution in [3.63, 3.8) is 0 Å². The first kappa shape index (κ1) is 17.4. The molecule has 0 amide bonds. The molecule has 0 heterocycles. The third-order valence-corrected chi connectivity index (χ3v) is 6.24. The van der Waals surface area contributed by atoms with Crippen LogP contribution in [0, 0.1) is 12.8 Å². The summed E-state index contributed by atoms with van der Waals surface area (Å²) in [6.45, 7) is 5.65. The number of hydrogen-bond acceptors (Lipinski definition) is 3. The van der Waals surface area contributed by atoms with Crippen molar-refractivity contribution in [3.8, 4) is 0 Å². The van der Waals surface area contributed by atoms with Crippen LogP contribution in [0.2, 0.25) is 0 Å². The van der Waals surface area contributed by atoms with Crippen molar-refractivity contribution >= 4 is 10.0 Å². The molecule has 0 bridgehead atoms. The third-order valence-electron chi connectivity index (χ3n) is 4.80. The van der Waals surface area contributed by atoms with Crippen LogP contribution in [0.1, 0.15) is 38.2 Å². The van der Waals surface area contributed by atoms with Crippen LogP contribution in [-0.2, 0) is 10.0 Å². The largest absolute Gasteiger partial charge is 0.303 e. The molecule has 1 N–H and O–H groups in total. The van der Waals surface area contributed by atoms with Crippen molar-refractivity contribution in [3.05, 3.63) is 29.8 Å². The van der Waals surface area contributed by atoms with E-state index in [0.717, 1.165) is 18.5 Å². The fourth-order valence-electron chi connectivity index (χ4n) is 3.26. The molecular formula is C17H28N2O2S. The first-order valence-electron chi connectivity index (χ1n) is 8.20. The predicted octanol–water partition coefficient (Wildman–Crippen LogP) is 2.78. The SMILES string of the molecule is CCN(C)[C@H]1CCCC[C@H]1CNS(=O)(=O)c1ccc(C)cc1. The Kier molecular flexibility index (Phi) is 6.01. The van der Waals surface area contributed by atoms with Gasteiger partial charge in [-0.2, -0.15) is 0 Å². The fraction of sp³-hybridized carbons (Fsp3) is 0.647. The first-order valence-corrected chi connectivity index (χ1v) is 9.69. The zero-order valence-corrected chi connectivity index (χ0v) is 14.7. The van der Waals surface area contributed by atoms with Gasteiger partial charge in [-0.15, -0.1) is 0 Å². The van der Waals surface area contributed by atoms with Gasteiger partial charge < -0.3 is 4.90 Å². The molecule has 2 rings (SSSR count). The number of hydrogen-bond donors (Lipinski definition) is 1. The summed E-state index contributed by atoms with van der Waals surface area (Å²) in [5.74, 6) is 0.402. The molecule has 5 heteroatoms. The van der Waals surface area contributed by atoms with E-state index in [1.807, 2.05) is 19.1 Å². The number of nitrogens with one attached hydrogen (secondary N) is 1. The molecule has 0 saturated heterocycles. The monoisotopic (exact) mass is 324 g/mol. The van der Waals surface area contributed by atoms with Crippen LogP contribution in [0.3, 0.4) is 0 Å². The van der Waals surface area contributed by atoms with Gasteiger partial charge in [0.05, 0.1) is 4.90 Å². The number of aryl methyl sites for hydroxylation is 1. The van der Waals surface area contributed by atoms with Crippen LogP contribution >= 0.6 is 0 Å². The lowest BCUT2D eigenvalue weighted by Gasteiger charge is -2.37. The Morgan fingerprint density at radius 2 is 1.82 bits per heavy atom. The van der Waals surface area contributed by atoms with E-state index in [9.17, 15) is 8.42 Å². The van der Waals surface area contributed by atoms with Crippen LogP contribution in [0.4, 0.5) is 0 Å². The summed E-state index contributed by atoms with van der Waals surface area (Å²) in [6, 6.07) is 7.51. The lowest BCUT2D eigenvalue weighted by molar-refractivity contribution is 0.137. The zero-order chi connectivity index (χ0) is 16.2. The molecule has 1 saturated carbocycles. The summed E-state index contributed by atoms with van der Waals surface area (Å²) in [5.41, 5.74) is 1.07. The molecule has 1 aromatic carbocycles. The highest BCUT2D eigenvalue weighted by Gasteiger charge is 2.28. The van der Waals surface area contributed by atoms with Crippen molar-refractivity contribution in [1.29, 1.82) is 0 Å². The van der Waals surface area contributed by atoms with E-state index in [0.29, 0.717) is 23.4 Å². The molecule has 0 aromatic heterocycles. The Balaban J connectivity index is 2.02. The number of sulfonamides is 1. The molecular weight excluding hydrogens is 296 g/mol. The molecule has 2 atom stereocenters. The third kappa shape index (κ3) is 4.31. The van der Waals surface area contributed by atoms with E-state index in [2.05, 4.69) is 23.6 Å². The highest BCUT2D eigenvalue weighted by atomic mass is 32.2. The molecule has 0 spiro atoms. The molecule has 4 nitrogen and oxygen atoms in total. The predicted molar refractivity (Wildman–Crippen MR) is 90.4 cm³/mol. The fourth-order valence-corrected chi connectivity index (χ4v) is 4.35. The minimum atomic E-state index is -3.40. The Labute approximate surface area is 135 Å². The van der Waals surface area contributed by atoms with E-state index < -0.39 is 10.0 Å². The Morgan fingerprint density at radius 1 is 1.18 bits per heavy atom. The van der Waals surface area contributed by atoms with Gasteiger partial charge in [0.15, 0.2) is 0 Å². The summed E-state index contributed by atoms with van der Waals surface area (Å²) < 4.78 is 27.6. The van der Waals surface area contributed by atoms with Gasteiger partial charge in [0.1, 0.15) is 0 Å². The summed E-state index contributed by atoms with van der Waals surface area (Å²) in [7, 11) is -1.26. The van der Waals surface area contributed by atoms with Crippen molar-refractivity contribution in [2.75, 3.05) is 20.1 Å². The molecule has 0 radical (unpaired) electrons. The van der Waals surface area contributed by atoms with Crippen molar-refractivity contribution < 1.29 is 8.42 Å². The molecule has 1 aliphatic rings. The Morgan fingerprint density at radius 3 is 2.45 bits per heavy atom. The van der Waals surface area contributed by atoms with Crippen LogP contribution in [-0.4, -0.2) is 39.5 Å². The van der Waals surface area contributed by atoms with Gasteiger partial charge in [-0.1, -0.05) is 37.5 Å². The van der Waals surface area contributed by atoms with E-state index in [1.54, 1.807) is 12.1 Å². The highest BCUT2D eigenvalue weighted by molar-refractivity contribution is 7.89. The van der Waals surface area contributed by atoms with Gasteiger partial charge in [-0.3, -0.25) is 0 Å². The lowest BCUT2D eigenvalue weighted by atomic mass is 9.84. The summed E-state index contributed by atoms with van der Waals surface area (Å²) in [5, 5.41) is 0. The van der Waals surface area contributed by atoms with Gasteiger partial charge in [0.2, 0.25) is 10.0 Å². The highest BCUT2D eigenvalue weighted by Crippen LogP contribution is 2.27. The second-order valence-corrected chi connectivity index (χ2v) is 8.12. The van der Waals surface area contributed by atoms with Gasteiger partial charge in [-0.05, 0) is 51.4 Å². The Hall–Kier alpha value is -0.910. The minimum absolute atomic E-state index is 0.356. The molecule has 1 fully saturated rings. The van der Waals surface area contributed by atoms with E-state index >= 15 is 0 Å². The standard InChI is InChI=1S/C17H28N2O2S/c1-4-19(3)17-8-6-5-7-15(17)13-18-22(20,21)16-11-9-14(2)10-12-16/h9-12,15,17-18H,4-8,13H2,1-3H3/t15-,17-/m0/s1. The lowest BCUT2D eigenvalue weighted by Crippen LogP contribution is -2.44. The second kappa shape index (κ2) is 7.57. The van der Waals surface area contributed by atoms with Crippen molar-refractivity contribution in [1.82, 2.24) is 9.62 Å². The first-order chi connectivity index (χ1) is 10.4. The van der Waals surface area contributed by atoms with Crippen LogP contribution in [0.15, 0.2) is 29.2 Å². The van der Waals surface area contributed by atoms with Gasteiger partial charge in [-0.25, -0.2) is 13.1 Å². The van der Waals surface area contributed by atoms with Crippen LogP contribution < -0.4 is 4.72 Å². The smallest absolute Gasteiger partial charge is 0.240 e. The van der Waals surface area contributed by atoms with Crippen LogP contribution in [0.5, 0.6) is 0 Å². The normalized spacial score (nSPS) is 22.9. The minimum Gasteiger partial charge on any atom is -0.303 e. The van der Waals surface area contributed by atoms with E-state index in [4.69, 9.17) is 0 Å². The average Bonchev–Trinajstić information content (AvgIpc) is 2.53. The average molecular weight is 324 g/mol. The van der Waals surface area contributed by atoms with Gasteiger partial charge in [0.25, 0.3) is 0 Å². The summed E-state index contributed by atoms with van der Waals surface area (Å²) in [4.78, 5) is 2.71. The van der Waals surface area contributed by atoms with Gasteiger partial charge in [0, 0.05) is 12.6 Å². The molecule has 22 heavy (non-hydrogen) atoms. The molecule has 124 valence electrons. The van der Waals surface area contributed by atoms with E-state index in [1.165, 1.54) is 19.3 Å². The molecule has 0 unspecified atom stereocenters. The topological polar surface area (TPSA) is 49.4 Å². The quantitative estimate of drug-likeness (QED) is 0.875. The second-order valence-electron chi connectivity index (χ2n) is 6.35. The van der Waals surface area contributed by atoms with Gasteiger partial charge >= 0.3 is 0 Å². The van der Waals surface area contributed by atoms with Crippen molar-refractivity contribution in [2.45, 2.75) is 50.5 Å². The van der Waals surface area contributed by atoms with Crippen LogP contribution in [0.25, 0.3) is 0 Å². The number of benzene rings is 1. The van der Waals surface area contributed by atoms with E-state index in [-0.39, 0.29) is 0 Å². The summed E-state index contributed by atoms with van der Waals surface area (Å²) in [6.07, 6.45) is 4.72. The maximum Gasteiger partial charge on any atom is 0.240 e. The zero-order valence-electron chi connectivity index (χ0n) is 13.9. The Bertz CT molecular complexity index is 569. The number of rotatable bonds is 6. The number of nitrogens with zero attached hydrogens (tertiary/aromatic N) is 1.